The molecule has 6 nitrogen and oxygen atoms in total. The molecule has 0 radical (unpaired) electrons. The number of carbonyl (C=O) groups excluding carboxylic acids is 2. The van der Waals surface area contributed by atoms with E-state index in [0.717, 1.165) is 23.9 Å². The number of benzene rings is 1. The van der Waals surface area contributed by atoms with Crippen molar-refractivity contribution in [1.29, 1.82) is 0 Å². The highest BCUT2D eigenvalue weighted by molar-refractivity contribution is 8.81. The van der Waals surface area contributed by atoms with Gasteiger partial charge in [0.25, 0.3) is 0 Å². The second-order valence-corrected chi connectivity index (χ2v) is 7.39. The van der Waals surface area contributed by atoms with Crippen molar-refractivity contribution in [2.24, 2.45) is 10.9 Å². The molecule has 1 aromatic carbocycles. The van der Waals surface area contributed by atoms with Crippen LogP contribution in [0.3, 0.4) is 0 Å². The Balaban J connectivity index is 1.69. The van der Waals surface area contributed by atoms with Gasteiger partial charge >= 0.3 is 0 Å². The van der Waals surface area contributed by atoms with Gasteiger partial charge in [0.1, 0.15) is 5.92 Å². The standard InChI is InChI=1S/C15H17N3O3S2/c1-10-13(15(20)22-23-18-6-8-21-9-7-18)14(19)17-12-5-3-2-4-11(12)16-10/h2-5,13H,6-9H2,1H3,(H,17,19). The van der Waals surface area contributed by atoms with Crippen LogP contribution >= 0.6 is 21.8 Å². The molecule has 1 saturated heterocycles. The lowest BCUT2D eigenvalue weighted by atomic mass is 10.1. The van der Waals surface area contributed by atoms with Gasteiger partial charge in [0.2, 0.25) is 11.0 Å². The Labute approximate surface area is 142 Å². The van der Waals surface area contributed by atoms with Crippen molar-refractivity contribution in [2.75, 3.05) is 31.6 Å². The highest BCUT2D eigenvalue weighted by Crippen LogP contribution is 2.34. The Morgan fingerprint density at radius 2 is 2.09 bits per heavy atom. The van der Waals surface area contributed by atoms with Gasteiger partial charge in [-0.05, 0) is 40.8 Å². The molecule has 0 spiro atoms. The molecule has 3 rings (SSSR count). The van der Waals surface area contributed by atoms with E-state index in [4.69, 9.17) is 4.74 Å². The molecular weight excluding hydrogens is 334 g/mol. The van der Waals surface area contributed by atoms with Crippen LogP contribution in [0.5, 0.6) is 0 Å². The lowest BCUT2D eigenvalue weighted by molar-refractivity contribution is -0.123. The number of morpholine rings is 1. The Kier molecular flexibility index (Phi) is 5.37. The molecule has 0 aliphatic carbocycles. The van der Waals surface area contributed by atoms with E-state index >= 15 is 0 Å². The van der Waals surface area contributed by atoms with E-state index in [2.05, 4.69) is 14.6 Å². The van der Waals surface area contributed by atoms with Gasteiger partial charge in [-0.25, -0.2) is 4.31 Å². The average molecular weight is 351 g/mol. The van der Waals surface area contributed by atoms with Crippen LogP contribution in [0.25, 0.3) is 0 Å². The van der Waals surface area contributed by atoms with Crippen LogP contribution in [-0.4, -0.2) is 47.3 Å². The molecule has 8 heteroatoms. The molecular formula is C15H17N3O3S2. The summed E-state index contributed by atoms with van der Waals surface area (Å²) in [7, 11) is 2.47. The van der Waals surface area contributed by atoms with E-state index in [9.17, 15) is 9.59 Å². The fourth-order valence-electron chi connectivity index (χ4n) is 2.36. The first-order valence-electron chi connectivity index (χ1n) is 7.31. The third-order valence-electron chi connectivity index (χ3n) is 3.57. The maximum absolute atomic E-state index is 12.5. The zero-order chi connectivity index (χ0) is 16.2. The van der Waals surface area contributed by atoms with Gasteiger partial charge in [-0.15, -0.1) is 0 Å². The highest BCUT2D eigenvalue weighted by Gasteiger charge is 2.33. The van der Waals surface area contributed by atoms with Gasteiger partial charge in [0.05, 0.1) is 24.6 Å². The van der Waals surface area contributed by atoms with Crippen LogP contribution in [-0.2, 0) is 14.3 Å². The number of nitrogens with one attached hydrogen (secondary N) is 1. The molecule has 1 atom stereocenters. The van der Waals surface area contributed by atoms with E-state index in [1.165, 1.54) is 11.0 Å². The molecule has 0 aromatic heterocycles. The monoisotopic (exact) mass is 351 g/mol. The summed E-state index contributed by atoms with van der Waals surface area (Å²) >= 11 is 0. The number of para-hydroxylation sites is 2. The predicted octanol–water partition coefficient (Wildman–Crippen LogP) is 2.50. The quantitative estimate of drug-likeness (QED) is 0.513. The largest absolute Gasteiger partial charge is 0.379 e. The number of carbonyl (C=O) groups is 2. The number of fused-ring (bicyclic) bond motifs is 1. The van der Waals surface area contributed by atoms with Gasteiger partial charge in [-0.1, -0.05) is 12.1 Å². The van der Waals surface area contributed by atoms with Crippen LogP contribution in [0.4, 0.5) is 11.4 Å². The van der Waals surface area contributed by atoms with Crippen molar-refractivity contribution in [3.05, 3.63) is 24.3 Å². The predicted molar refractivity (Wildman–Crippen MR) is 93.9 cm³/mol. The highest BCUT2D eigenvalue weighted by atomic mass is 33.1. The lowest BCUT2D eigenvalue weighted by Gasteiger charge is -2.24. The topological polar surface area (TPSA) is 71.0 Å². The maximum Gasteiger partial charge on any atom is 0.241 e. The van der Waals surface area contributed by atoms with Crippen molar-refractivity contribution in [3.63, 3.8) is 0 Å². The summed E-state index contributed by atoms with van der Waals surface area (Å²) in [6.45, 7) is 4.62. The third kappa shape index (κ3) is 3.95. The molecule has 2 aliphatic rings. The first kappa shape index (κ1) is 16.5. The molecule has 23 heavy (non-hydrogen) atoms. The number of ether oxygens (including phenoxy) is 1. The zero-order valence-corrected chi connectivity index (χ0v) is 14.3. The van der Waals surface area contributed by atoms with Crippen molar-refractivity contribution in [3.8, 4) is 0 Å². The van der Waals surface area contributed by atoms with Crippen LogP contribution < -0.4 is 5.32 Å². The fraction of sp³-hybridized carbons (Fsp3) is 0.400. The molecule has 0 saturated carbocycles. The first-order chi connectivity index (χ1) is 11.1. The fourth-order valence-corrected chi connectivity index (χ4v) is 4.49. The molecule has 1 fully saturated rings. The smallest absolute Gasteiger partial charge is 0.241 e. The summed E-state index contributed by atoms with van der Waals surface area (Å²) < 4.78 is 7.35. The number of hydrogen-bond donors (Lipinski definition) is 1. The van der Waals surface area contributed by atoms with Crippen LogP contribution in [0, 0.1) is 5.92 Å². The summed E-state index contributed by atoms with van der Waals surface area (Å²) in [6.07, 6.45) is 0. The summed E-state index contributed by atoms with van der Waals surface area (Å²) in [5, 5.41) is 2.59. The van der Waals surface area contributed by atoms with Crippen molar-refractivity contribution >= 4 is 49.9 Å². The molecule has 122 valence electrons. The third-order valence-corrected chi connectivity index (χ3v) is 5.97. The molecule has 1 unspecified atom stereocenters. The Morgan fingerprint density at radius 3 is 2.87 bits per heavy atom. The molecule has 2 heterocycles. The van der Waals surface area contributed by atoms with Crippen LogP contribution in [0.1, 0.15) is 6.92 Å². The number of rotatable bonds is 3. The molecule has 1 aromatic rings. The summed E-state index contributed by atoms with van der Waals surface area (Å²) in [5.41, 5.74) is 1.84. The number of aliphatic imine (C=N–C) groups is 1. The van der Waals surface area contributed by atoms with Gasteiger partial charge in [0.15, 0.2) is 0 Å². The Hall–Kier alpha value is -1.35. The molecule has 0 bridgehead atoms. The summed E-state index contributed by atoms with van der Waals surface area (Å²) in [6, 6.07) is 7.29. The Bertz CT molecular complexity index is 645. The summed E-state index contributed by atoms with van der Waals surface area (Å²) in [4.78, 5) is 29.4. The molecule has 1 N–H and O–H groups in total. The number of amides is 1. The Morgan fingerprint density at radius 1 is 1.35 bits per heavy atom. The molecule has 2 aliphatic heterocycles. The second kappa shape index (κ2) is 7.48. The normalized spacial score (nSPS) is 21.9. The van der Waals surface area contributed by atoms with Crippen molar-refractivity contribution < 1.29 is 14.3 Å². The minimum absolute atomic E-state index is 0.201. The zero-order valence-electron chi connectivity index (χ0n) is 12.7. The SMILES string of the molecule is CC1=Nc2ccccc2NC(=O)C1C(=O)SSN1CCOCC1. The van der Waals surface area contributed by atoms with E-state index in [-0.39, 0.29) is 11.0 Å². The van der Waals surface area contributed by atoms with Crippen LogP contribution in [0.15, 0.2) is 29.3 Å². The number of hydrogen-bond acceptors (Lipinski definition) is 7. The number of anilines is 1. The molecule has 1 amide bonds. The van der Waals surface area contributed by atoms with E-state index in [0.29, 0.717) is 30.3 Å². The average Bonchev–Trinajstić information content (AvgIpc) is 2.68. The van der Waals surface area contributed by atoms with Gasteiger partial charge in [-0.2, -0.15) is 0 Å². The number of nitrogens with zero attached hydrogens (tertiary/aromatic N) is 2. The minimum atomic E-state index is -0.860. The minimum Gasteiger partial charge on any atom is -0.379 e. The van der Waals surface area contributed by atoms with E-state index < -0.39 is 5.92 Å². The summed E-state index contributed by atoms with van der Waals surface area (Å²) in [5.74, 6) is -1.18. The van der Waals surface area contributed by atoms with E-state index in [1.54, 1.807) is 13.0 Å². The van der Waals surface area contributed by atoms with Crippen LogP contribution in [0.2, 0.25) is 0 Å². The second-order valence-electron chi connectivity index (χ2n) is 5.21. The van der Waals surface area contributed by atoms with Gasteiger partial charge in [0, 0.05) is 18.8 Å². The first-order valence-corrected chi connectivity index (χ1v) is 9.42. The van der Waals surface area contributed by atoms with E-state index in [1.807, 2.05) is 18.2 Å². The maximum atomic E-state index is 12.5. The lowest BCUT2D eigenvalue weighted by Crippen LogP contribution is -2.33. The van der Waals surface area contributed by atoms with Gasteiger partial charge < -0.3 is 10.1 Å². The van der Waals surface area contributed by atoms with Crippen molar-refractivity contribution in [1.82, 2.24) is 4.31 Å². The van der Waals surface area contributed by atoms with Crippen molar-refractivity contribution in [2.45, 2.75) is 6.92 Å². The van der Waals surface area contributed by atoms with Gasteiger partial charge in [-0.3, -0.25) is 14.6 Å².